The Hall–Kier alpha value is -2.47. The van der Waals surface area contributed by atoms with Crippen molar-refractivity contribution in [2.75, 3.05) is 11.9 Å². The number of aryl methyl sites for hydroxylation is 2. The van der Waals surface area contributed by atoms with E-state index >= 15 is 0 Å². The predicted molar refractivity (Wildman–Crippen MR) is 91.7 cm³/mol. The Bertz CT molecular complexity index is 750. The van der Waals surface area contributed by atoms with Crippen LogP contribution in [0.1, 0.15) is 34.1 Å². The van der Waals surface area contributed by atoms with Crippen molar-refractivity contribution in [1.29, 1.82) is 0 Å². The van der Waals surface area contributed by atoms with Gasteiger partial charge in [-0.15, -0.1) is 11.3 Å². The largest absolute Gasteiger partial charge is 0.461 e. The number of aromatic nitrogens is 1. The number of rotatable bonds is 5. The number of carbonyl (C=O) groups is 2. The van der Waals surface area contributed by atoms with Crippen molar-refractivity contribution in [3.8, 4) is 0 Å². The summed E-state index contributed by atoms with van der Waals surface area (Å²) in [5.74, 6) is -0.787. The van der Waals surface area contributed by atoms with Crippen LogP contribution in [-0.4, -0.2) is 23.5 Å². The molecule has 1 aromatic heterocycles. The summed E-state index contributed by atoms with van der Waals surface area (Å²) in [4.78, 5) is 27.5. The third-order valence-electron chi connectivity index (χ3n) is 3.06. The van der Waals surface area contributed by atoms with E-state index in [0.29, 0.717) is 5.13 Å². The van der Waals surface area contributed by atoms with E-state index < -0.39 is 5.97 Å². The first-order chi connectivity index (χ1) is 11.0. The standard InChI is InChI=1S/C17H18N2O3S/c1-4-22-16(21)14-10-23-17(18-14)19-15(20)8-7-13-6-5-11(2)9-12(13)3/h5-10H,4H2,1-3H3,(H,18,19,20)/b8-7+. The molecule has 0 radical (unpaired) electrons. The highest BCUT2D eigenvalue weighted by Crippen LogP contribution is 2.17. The molecule has 0 aliphatic heterocycles. The molecule has 120 valence electrons. The highest BCUT2D eigenvalue weighted by atomic mass is 32.1. The van der Waals surface area contributed by atoms with Crippen LogP contribution in [0.5, 0.6) is 0 Å². The van der Waals surface area contributed by atoms with Gasteiger partial charge in [0.25, 0.3) is 0 Å². The number of nitrogens with zero attached hydrogens (tertiary/aromatic N) is 1. The molecule has 0 atom stereocenters. The van der Waals surface area contributed by atoms with Crippen LogP contribution in [-0.2, 0) is 9.53 Å². The molecule has 1 heterocycles. The van der Waals surface area contributed by atoms with Crippen LogP contribution in [0.2, 0.25) is 0 Å². The van der Waals surface area contributed by atoms with Gasteiger partial charge in [0.05, 0.1) is 6.61 Å². The maximum Gasteiger partial charge on any atom is 0.357 e. The monoisotopic (exact) mass is 330 g/mol. The molecule has 0 unspecified atom stereocenters. The van der Waals surface area contributed by atoms with E-state index in [-0.39, 0.29) is 18.2 Å². The van der Waals surface area contributed by atoms with Crippen LogP contribution < -0.4 is 5.32 Å². The number of esters is 1. The molecule has 6 heteroatoms. The SMILES string of the molecule is CCOC(=O)c1csc(NC(=O)/C=C/c2ccc(C)cc2C)n1. The predicted octanol–water partition coefficient (Wildman–Crippen LogP) is 3.59. The summed E-state index contributed by atoms with van der Waals surface area (Å²) < 4.78 is 4.85. The molecule has 0 aliphatic rings. The molecule has 1 amide bonds. The van der Waals surface area contributed by atoms with Crippen LogP contribution >= 0.6 is 11.3 Å². The van der Waals surface area contributed by atoms with Crippen LogP contribution in [0.25, 0.3) is 6.08 Å². The number of hydrogen-bond acceptors (Lipinski definition) is 5. The fourth-order valence-corrected chi connectivity index (χ4v) is 2.64. The normalized spacial score (nSPS) is 10.7. The molecule has 5 nitrogen and oxygen atoms in total. The van der Waals surface area contributed by atoms with E-state index in [1.54, 1.807) is 18.4 Å². The Morgan fingerprint density at radius 1 is 1.35 bits per heavy atom. The van der Waals surface area contributed by atoms with Gasteiger partial charge in [-0.2, -0.15) is 0 Å². The summed E-state index contributed by atoms with van der Waals surface area (Å²) in [6.45, 7) is 6.04. The first-order valence-electron chi connectivity index (χ1n) is 7.18. The molecule has 23 heavy (non-hydrogen) atoms. The molecule has 2 aromatic rings. The fraction of sp³-hybridized carbons (Fsp3) is 0.235. The van der Waals surface area contributed by atoms with Crippen LogP contribution in [0, 0.1) is 13.8 Å². The third-order valence-corrected chi connectivity index (χ3v) is 3.82. The van der Waals surface area contributed by atoms with Gasteiger partial charge in [-0.1, -0.05) is 23.8 Å². The van der Waals surface area contributed by atoms with Gasteiger partial charge in [0.1, 0.15) is 0 Å². The molecular weight excluding hydrogens is 312 g/mol. The Morgan fingerprint density at radius 3 is 2.83 bits per heavy atom. The van der Waals surface area contributed by atoms with E-state index in [1.165, 1.54) is 23.0 Å². The number of thiazole rings is 1. The van der Waals surface area contributed by atoms with Crippen molar-refractivity contribution in [3.05, 3.63) is 52.0 Å². The molecular formula is C17H18N2O3S. The highest BCUT2D eigenvalue weighted by molar-refractivity contribution is 7.14. The summed E-state index contributed by atoms with van der Waals surface area (Å²) in [5.41, 5.74) is 3.47. The zero-order chi connectivity index (χ0) is 16.8. The first-order valence-corrected chi connectivity index (χ1v) is 8.06. The van der Waals surface area contributed by atoms with Crippen molar-refractivity contribution in [2.24, 2.45) is 0 Å². The molecule has 0 fully saturated rings. The van der Waals surface area contributed by atoms with Gasteiger partial charge in [0, 0.05) is 11.5 Å². The number of benzene rings is 1. The van der Waals surface area contributed by atoms with Gasteiger partial charge < -0.3 is 4.74 Å². The van der Waals surface area contributed by atoms with Gasteiger partial charge in [0.15, 0.2) is 10.8 Å². The van der Waals surface area contributed by atoms with Crippen molar-refractivity contribution in [1.82, 2.24) is 4.98 Å². The lowest BCUT2D eigenvalue weighted by molar-refractivity contribution is -0.111. The Balaban J connectivity index is 1.99. The smallest absolute Gasteiger partial charge is 0.357 e. The lowest BCUT2D eigenvalue weighted by Crippen LogP contribution is -2.09. The van der Waals surface area contributed by atoms with Crippen molar-refractivity contribution in [3.63, 3.8) is 0 Å². The minimum absolute atomic E-state index is 0.200. The Kier molecular flexibility index (Phi) is 5.65. The zero-order valence-electron chi connectivity index (χ0n) is 13.3. The van der Waals surface area contributed by atoms with Crippen LogP contribution in [0.3, 0.4) is 0 Å². The fourth-order valence-electron chi connectivity index (χ4n) is 1.96. The minimum Gasteiger partial charge on any atom is -0.461 e. The zero-order valence-corrected chi connectivity index (χ0v) is 14.1. The van der Waals surface area contributed by atoms with Crippen molar-refractivity contribution >= 4 is 34.4 Å². The van der Waals surface area contributed by atoms with Crippen molar-refractivity contribution in [2.45, 2.75) is 20.8 Å². The summed E-state index contributed by atoms with van der Waals surface area (Å²) in [6.07, 6.45) is 3.20. The van der Waals surface area contributed by atoms with Gasteiger partial charge in [-0.3, -0.25) is 10.1 Å². The number of carbonyl (C=O) groups excluding carboxylic acids is 2. The lowest BCUT2D eigenvalue weighted by Gasteiger charge is -2.01. The minimum atomic E-state index is -0.491. The van der Waals surface area contributed by atoms with Gasteiger partial charge in [-0.25, -0.2) is 9.78 Å². The summed E-state index contributed by atoms with van der Waals surface area (Å²) in [6, 6.07) is 6.03. The Labute approximate surface area is 139 Å². The number of anilines is 1. The molecule has 0 spiro atoms. The van der Waals surface area contributed by atoms with Crippen LogP contribution in [0.15, 0.2) is 29.7 Å². The number of amides is 1. The summed E-state index contributed by atoms with van der Waals surface area (Å²) in [7, 11) is 0. The second-order valence-corrected chi connectivity index (χ2v) is 5.80. The number of nitrogens with one attached hydrogen (secondary N) is 1. The molecule has 1 N–H and O–H groups in total. The van der Waals surface area contributed by atoms with Crippen LogP contribution in [0.4, 0.5) is 5.13 Å². The number of ether oxygens (including phenoxy) is 1. The average molecular weight is 330 g/mol. The average Bonchev–Trinajstić information content (AvgIpc) is 2.95. The topological polar surface area (TPSA) is 68.3 Å². The van der Waals surface area contributed by atoms with Gasteiger partial charge in [-0.05, 0) is 38.0 Å². The first kappa shape index (κ1) is 16.9. The Morgan fingerprint density at radius 2 is 2.13 bits per heavy atom. The molecule has 0 bridgehead atoms. The summed E-state index contributed by atoms with van der Waals surface area (Å²) in [5, 5.41) is 4.56. The molecule has 2 rings (SSSR count). The second kappa shape index (κ2) is 7.69. The molecule has 0 saturated carbocycles. The van der Waals surface area contributed by atoms with E-state index in [0.717, 1.165) is 11.1 Å². The number of hydrogen-bond donors (Lipinski definition) is 1. The molecule has 1 aromatic carbocycles. The maximum absolute atomic E-state index is 11.9. The summed E-state index contributed by atoms with van der Waals surface area (Å²) >= 11 is 1.18. The van der Waals surface area contributed by atoms with E-state index in [2.05, 4.69) is 16.4 Å². The van der Waals surface area contributed by atoms with E-state index in [9.17, 15) is 9.59 Å². The van der Waals surface area contributed by atoms with Crippen molar-refractivity contribution < 1.29 is 14.3 Å². The third kappa shape index (κ3) is 4.75. The lowest BCUT2D eigenvalue weighted by atomic mass is 10.1. The maximum atomic E-state index is 11.9. The molecule has 0 saturated heterocycles. The van der Waals surface area contributed by atoms with Gasteiger partial charge in [0.2, 0.25) is 5.91 Å². The molecule has 0 aliphatic carbocycles. The second-order valence-electron chi connectivity index (χ2n) is 4.94. The highest BCUT2D eigenvalue weighted by Gasteiger charge is 2.12. The van der Waals surface area contributed by atoms with E-state index in [1.807, 2.05) is 26.0 Å². The van der Waals surface area contributed by atoms with Gasteiger partial charge >= 0.3 is 5.97 Å². The van der Waals surface area contributed by atoms with E-state index in [4.69, 9.17) is 4.74 Å². The quantitative estimate of drug-likeness (QED) is 0.672.